The first-order valence-electron chi connectivity index (χ1n) is 15.7. The number of nitrogens with zero attached hydrogens (tertiary/aromatic N) is 1. The molecule has 1 fully saturated rings. The van der Waals surface area contributed by atoms with Gasteiger partial charge in [-0.1, -0.05) is 44.0 Å². The van der Waals surface area contributed by atoms with Gasteiger partial charge in [0.25, 0.3) is 5.91 Å². The summed E-state index contributed by atoms with van der Waals surface area (Å²) >= 11 is 6.41. The minimum Gasteiger partial charge on any atom is -0.493 e. The predicted molar refractivity (Wildman–Crippen MR) is 178 cm³/mol. The van der Waals surface area contributed by atoms with Crippen molar-refractivity contribution >= 4 is 34.8 Å². The lowest BCUT2D eigenvalue weighted by Crippen LogP contribution is -2.51. The van der Waals surface area contributed by atoms with Crippen molar-refractivity contribution in [1.82, 2.24) is 9.62 Å². The van der Waals surface area contributed by atoms with E-state index < -0.39 is 22.5 Å². The molecule has 2 bridgehead atoms. The zero-order valence-corrected chi connectivity index (χ0v) is 28.2. The van der Waals surface area contributed by atoms with E-state index in [9.17, 15) is 13.8 Å². The Kier molecular flexibility index (Phi) is 12.2. The zero-order chi connectivity index (χ0) is 31.9. The van der Waals surface area contributed by atoms with Crippen LogP contribution in [-0.4, -0.2) is 66.0 Å². The van der Waals surface area contributed by atoms with Crippen LogP contribution in [0.15, 0.2) is 54.6 Å². The molecule has 7 nitrogen and oxygen atoms in total. The number of fused-ring (bicyclic) bond motifs is 14. The van der Waals surface area contributed by atoms with Crippen LogP contribution < -0.4 is 9.46 Å². The van der Waals surface area contributed by atoms with E-state index in [1.807, 2.05) is 32.1 Å². The Morgan fingerprint density at radius 1 is 1.16 bits per heavy atom. The number of aldehydes is 1. The number of halogens is 1. The van der Waals surface area contributed by atoms with Gasteiger partial charge in [0.15, 0.2) is 6.29 Å². The van der Waals surface area contributed by atoms with Crippen LogP contribution in [0.2, 0.25) is 5.02 Å². The third-order valence-corrected chi connectivity index (χ3v) is 11.2. The highest BCUT2D eigenvalue weighted by atomic mass is 35.5. The van der Waals surface area contributed by atoms with Crippen LogP contribution in [0.25, 0.3) is 0 Å². The number of hydrogen-bond acceptors (Lipinski definition) is 6. The van der Waals surface area contributed by atoms with Crippen LogP contribution >= 0.6 is 11.6 Å². The number of amides is 1. The second kappa shape index (κ2) is 15.7. The molecule has 3 aliphatic rings. The van der Waals surface area contributed by atoms with E-state index in [0.717, 1.165) is 50.1 Å². The summed E-state index contributed by atoms with van der Waals surface area (Å²) in [6.45, 7) is 8.07. The molecule has 1 aliphatic carbocycles. The van der Waals surface area contributed by atoms with Crippen LogP contribution in [0, 0.1) is 17.8 Å². The molecule has 0 spiro atoms. The van der Waals surface area contributed by atoms with Crippen LogP contribution in [-0.2, 0) is 26.9 Å². The van der Waals surface area contributed by atoms with Crippen molar-refractivity contribution in [1.29, 1.82) is 0 Å². The molecule has 2 aliphatic heterocycles. The highest BCUT2D eigenvalue weighted by molar-refractivity contribution is 7.84. The van der Waals surface area contributed by atoms with Crippen molar-refractivity contribution in [3.63, 3.8) is 0 Å². The first kappa shape index (κ1) is 34.4. The van der Waals surface area contributed by atoms with E-state index in [-0.39, 0.29) is 23.0 Å². The maximum Gasteiger partial charge on any atom is 0.262 e. The molecule has 0 aromatic heterocycles. The highest BCUT2D eigenvalue weighted by Crippen LogP contribution is 2.44. The van der Waals surface area contributed by atoms with Gasteiger partial charge in [-0.25, -0.2) is 4.21 Å². The molecule has 2 aromatic rings. The number of carbonyl (C=O) groups excluding carboxylic acids is 2. The largest absolute Gasteiger partial charge is 0.493 e. The minimum atomic E-state index is -1.58. The summed E-state index contributed by atoms with van der Waals surface area (Å²) in [6.07, 6.45) is 9.28. The summed E-state index contributed by atoms with van der Waals surface area (Å²) in [4.78, 5) is 27.8. The summed E-state index contributed by atoms with van der Waals surface area (Å²) in [5.74, 6) is 0.712. The Labute approximate surface area is 270 Å². The van der Waals surface area contributed by atoms with Crippen LogP contribution in [0.3, 0.4) is 0 Å². The maximum atomic E-state index is 13.0. The maximum absolute atomic E-state index is 13.0. The fourth-order valence-corrected chi connectivity index (χ4v) is 7.68. The Bertz CT molecular complexity index is 1330. The molecular weight excluding hydrogens is 596 g/mol. The second-order valence-electron chi connectivity index (χ2n) is 12.5. The lowest BCUT2D eigenvalue weighted by atomic mass is 9.64. The van der Waals surface area contributed by atoms with Crippen molar-refractivity contribution in [2.45, 2.75) is 69.6 Å². The Balaban J connectivity index is 1.66. The molecule has 1 amide bonds. The van der Waals surface area contributed by atoms with E-state index in [1.54, 1.807) is 31.4 Å². The number of aryl methyl sites for hydroxylation is 1. The van der Waals surface area contributed by atoms with E-state index in [0.29, 0.717) is 30.3 Å². The van der Waals surface area contributed by atoms with Crippen molar-refractivity contribution in [3.05, 3.63) is 76.3 Å². The average Bonchev–Trinajstić information content (AvgIpc) is 3.00. The fourth-order valence-electron chi connectivity index (χ4n) is 6.46. The minimum absolute atomic E-state index is 0.00389. The number of nitrogens with one attached hydrogen (secondary N) is 1. The number of likely N-dealkylation sites (N-methyl/N-ethyl adjacent to an activating group) is 1. The van der Waals surface area contributed by atoms with Gasteiger partial charge in [-0.15, -0.1) is 0 Å². The molecule has 1 saturated carbocycles. The fraction of sp³-hybridized carbons (Fsp3) is 0.543. The molecular formula is C35H47ClN2O5S. The molecule has 240 valence electrons. The van der Waals surface area contributed by atoms with Gasteiger partial charge in [-0.05, 0) is 105 Å². The number of benzene rings is 2. The highest BCUT2D eigenvalue weighted by Gasteiger charge is 2.47. The quantitative estimate of drug-likeness (QED) is 0.301. The van der Waals surface area contributed by atoms with E-state index in [4.69, 9.17) is 21.1 Å². The van der Waals surface area contributed by atoms with Crippen LogP contribution in [0.5, 0.6) is 5.75 Å². The molecule has 7 atom stereocenters. The van der Waals surface area contributed by atoms with Gasteiger partial charge in [0.2, 0.25) is 0 Å². The number of methoxy groups -OCH3 is 1. The molecule has 2 aromatic carbocycles. The van der Waals surface area contributed by atoms with Crippen LogP contribution in [0.4, 0.5) is 0 Å². The molecule has 44 heavy (non-hydrogen) atoms. The number of hydrogen-bond donors (Lipinski definition) is 1. The van der Waals surface area contributed by atoms with Crippen molar-refractivity contribution in [3.8, 4) is 5.75 Å². The summed E-state index contributed by atoms with van der Waals surface area (Å²) in [6, 6.07) is 13.1. The average molecular weight is 643 g/mol. The molecule has 0 saturated heterocycles. The van der Waals surface area contributed by atoms with Crippen molar-refractivity contribution in [2.75, 3.05) is 33.9 Å². The first-order valence-corrected chi connectivity index (χ1v) is 17.3. The second-order valence-corrected chi connectivity index (χ2v) is 14.5. The molecule has 7 unspecified atom stereocenters. The van der Waals surface area contributed by atoms with Crippen molar-refractivity contribution < 1.29 is 23.3 Å². The van der Waals surface area contributed by atoms with Gasteiger partial charge in [0, 0.05) is 42.6 Å². The third-order valence-electron chi connectivity index (χ3n) is 9.46. The van der Waals surface area contributed by atoms with E-state index in [1.165, 1.54) is 11.1 Å². The molecule has 1 N–H and O–H groups in total. The number of allylic oxidation sites excluding steroid dienone is 1. The number of carbonyl (C=O) groups is 2. The molecule has 9 heteroatoms. The summed E-state index contributed by atoms with van der Waals surface area (Å²) in [5, 5.41) is 0.434. The van der Waals surface area contributed by atoms with Gasteiger partial charge in [-0.2, -0.15) is 0 Å². The lowest BCUT2D eigenvalue weighted by Gasteiger charge is -2.47. The Hall–Kier alpha value is -2.52. The van der Waals surface area contributed by atoms with Gasteiger partial charge in [0.1, 0.15) is 22.3 Å². The number of rotatable bonds is 5. The standard InChI is InChI=1S/C35H47ClN2O5S/c1-6-8-27-19-30(36)13-16-32(27)29-21-38(4)20-28-12-17-33(28)35(23-39,42-5)18-7-9-24(2)25(3)44(41)37-34(40)26-10-14-31(15-11-26)43-22-29/h7,10-11,13-16,18-19,23-25,28-29,33H,6,8-9,12,17,20-22H2,1-5H3,(H,37,40)/b18-7+. The number of ether oxygens (including phenoxy) is 2. The summed E-state index contributed by atoms with van der Waals surface area (Å²) in [7, 11) is 2.16. The van der Waals surface area contributed by atoms with E-state index >= 15 is 0 Å². The van der Waals surface area contributed by atoms with Crippen LogP contribution in [0.1, 0.15) is 73.9 Å². The Morgan fingerprint density at radius 2 is 1.91 bits per heavy atom. The third kappa shape index (κ3) is 8.19. The summed E-state index contributed by atoms with van der Waals surface area (Å²) < 4.78 is 27.9. The molecule has 0 radical (unpaired) electrons. The molecule has 2 heterocycles. The normalized spacial score (nSPS) is 31.5. The predicted octanol–water partition coefficient (Wildman–Crippen LogP) is 6.38. The van der Waals surface area contributed by atoms with Gasteiger partial charge < -0.3 is 14.4 Å². The Morgan fingerprint density at radius 3 is 2.55 bits per heavy atom. The smallest absolute Gasteiger partial charge is 0.262 e. The molecule has 5 rings (SSSR count). The van der Waals surface area contributed by atoms with Crippen molar-refractivity contribution in [2.24, 2.45) is 17.8 Å². The first-order chi connectivity index (χ1) is 21.1. The zero-order valence-electron chi connectivity index (χ0n) is 26.6. The monoisotopic (exact) mass is 642 g/mol. The SMILES string of the molecule is CCCc1cc(Cl)ccc1C1COc2ccc(cc2)C(=O)NS(=O)C(C)C(C)C/C=C/C(C=O)(OC)C2CCC2CN(C)C1. The van der Waals surface area contributed by atoms with Gasteiger partial charge in [0.05, 0.1) is 11.9 Å². The lowest BCUT2D eigenvalue weighted by molar-refractivity contribution is -0.137. The topological polar surface area (TPSA) is 84.9 Å². The van der Waals surface area contributed by atoms with E-state index in [2.05, 4.69) is 35.7 Å². The van der Waals surface area contributed by atoms with Gasteiger partial charge >= 0.3 is 0 Å². The van der Waals surface area contributed by atoms with Gasteiger partial charge in [-0.3, -0.25) is 14.3 Å². The summed E-state index contributed by atoms with van der Waals surface area (Å²) in [5.41, 5.74) is 1.86.